The molecule has 1 amide bonds. The van der Waals surface area contributed by atoms with Crippen LogP contribution in [0.4, 0.5) is 0 Å². The standard InChI is InChI=1S/C64H101NO13/c1-3-5-7-8-9-10-11-12-13-14-15-16-17-18-19-20-21-22-23-24-25-26-27-28-29-30-31-32-33-34-35-36-37-38-39-40-41-42-43-44-46-48-56(69)65-52(53(68)47-45-6-4-2)51-75-63-61(74)59(72)62(55(50-67)77-63)78-64-60(73)58(71)57(70)54(49-66)76-64/h5,7,9-10,12-13,15-16,18-19,21-22,24-25,27-28,30-31,33-34,36-37,45,47,52-55,57-64,66-68,70-74H,3-4,6,8,11,14,17,20,23,26,29,32,35,38-44,46,48-51H2,1-2H3,(H,65,69)/b7-5-,10-9-,13-12-,16-15-,19-18-,22-21-,25-24-,28-27-,31-30-,34-33-,37-36-,47-45+. The van der Waals surface area contributed by atoms with Gasteiger partial charge in [0.1, 0.15) is 48.8 Å². The van der Waals surface area contributed by atoms with Gasteiger partial charge in [-0.15, -0.1) is 0 Å². The minimum atomic E-state index is -1.79. The van der Waals surface area contributed by atoms with Gasteiger partial charge in [0.25, 0.3) is 0 Å². The van der Waals surface area contributed by atoms with E-state index < -0.39 is 86.8 Å². The molecule has 2 fully saturated rings. The van der Waals surface area contributed by atoms with Crippen LogP contribution in [0, 0.1) is 0 Å². The summed E-state index contributed by atoms with van der Waals surface area (Å²) >= 11 is 0. The van der Waals surface area contributed by atoms with E-state index in [9.17, 15) is 45.6 Å². The van der Waals surface area contributed by atoms with Crippen LogP contribution in [-0.2, 0) is 23.7 Å². The zero-order valence-corrected chi connectivity index (χ0v) is 47.1. The van der Waals surface area contributed by atoms with E-state index in [2.05, 4.69) is 146 Å². The summed E-state index contributed by atoms with van der Waals surface area (Å²) in [5.41, 5.74) is 0. The molecule has 2 heterocycles. The molecule has 0 bridgehead atoms. The number of carbonyl (C=O) groups is 1. The Morgan fingerprint density at radius 3 is 1.33 bits per heavy atom. The number of aliphatic hydroxyl groups excluding tert-OH is 8. The van der Waals surface area contributed by atoms with Crippen LogP contribution in [0.5, 0.6) is 0 Å². The number of allylic oxidation sites excluding steroid dienone is 23. The number of rotatable bonds is 43. The molecule has 0 spiro atoms. The third kappa shape index (κ3) is 32.8. The maximum atomic E-state index is 13.0. The van der Waals surface area contributed by atoms with Crippen molar-refractivity contribution in [3.8, 4) is 0 Å². The van der Waals surface area contributed by atoms with Crippen molar-refractivity contribution < 1.29 is 64.6 Å². The maximum Gasteiger partial charge on any atom is 0.220 e. The van der Waals surface area contributed by atoms with Crippen molar-refractivity contribution in [2.24, 2.45) is 0 Å². The number of hydrogen-bond donors (Lipinski definition) is 9. The van der Waals surface area contributed by atoms with Crippen molar-refractivity contribution in [2.45, 2.75) is 229 Å². The number of aliphatic hydroxyl groups is 8. The van der Waals surface area contributed by atoms with E-state index in [0.717, 1.165) is 122 Å². The number of ether oxygens (including phenoxy) is 4. The molecule has 14 nitrogen and oxygen atoms in total. The van der Waals surface area contributed by atoms with Gasteiger partial charge in [-0.3, -0.25) is 4.79 Å². The van der Waals surface area contributed by atoms with Crippen LogP contribution in [0.2, 0.25) is 0 Å². The SMILES string of the molecule is CC/C=C\C/C=C\C/C=C\C/C=C\C/C=C\C/C=C\C/C=C\C/C=C\C/C=C\C/C=C\C/C=C\CCCCCCCCCC(=O)NC(COC1OC(CO)C(OC2OC(CO)C(O)C(O)C2O)C(O)C1O)C(O)/C=C/CCC. The molecule has 2 aliphatic rings. The first-order valence-corrected chi connectivity index (χ1v) is 29.1. The van der Waals surface area contributed by atoms with E-state index in [0.29, 0.717) is 12.8 Å². The van der Waals surface area contributed by atoms with E-state index in [-0.39, 0.29) is 18.9 Å². The third-order valence-electron chi connectivity index (χ3n) is 13.0. The van der Waals surface area contributed by atoms with Crippen molar-refractivity contribution in [3.63, 3.8) is 0 Å². The van der Waals surface area contributed by atoms with Crippen LogP contribution >= 0.6 is 0 Å². The fraction of sp³-hybridized carbons (Fsp3) is 0.609. The van der Waals surface area contributed by atoms with Gasteiger partial charge in [0.05, 0.1) is 32.0 Å². The first kappa shape index (κ1) is 70.0. The Kier molecular flexibility index (Phi) is 42.8. The lowest BCUT2D eigenvalue weighted by molar-refractivity contribution is -0.359. The number of unbranched alkanes of at least 4 members (excludes halogenated alkanes) is 8. The summed E-state index contributed by atoms with van der Waals surface area (Å²) in [5, 5.41) is 86.0. The Labute approximate surface area is 468 Å². The smallest absolute Gasteiger partial charge is 0.220 e. The molecular formula is C64H101NO13. The number of carbonyl (C=O) groups excluding carboxylic acids is 1. The summed E-state index contributed by atoms with van der Waals surface area (Å²) in [6.45, 7) is 2.40. The summed E-state index contributed by atoms with van der Waals surface area (Å²) in [6.07, 6.45) is 56.0. The maximum absolute atomic E-state index is 13.0. The van der Waals surface area contributed by atoms with Crippen LogP contribution < -0.4 is 5.32 Å². The molecule has 0 saturated carbocycles. The lowest BCUT2D eigenvalue weighted by Crippen LogP contribution is -2.65. The zero-order valence-electron chi connectivity index (χ0n) is 47.1. The molecule has 14 heteroatoms. The molecule has 0 aromatic heterocycles. The molecule has 2 saturated heterocycles. The van der Waals surface area contributed by atoms with Crippen LogP contribution in [-0.4, -0.2) is 140 Å². The van der Waals surface area contributed by atoms with Crippen LogP contribution in [0.25, 0.3) is 0 Å². The molecule has 12 atom stereocenters. The normalized spacial score (nSPS) is 25.7. The lowest BCUT2D eigenvalue weighted by atomic mass is 9.97. The molecule has 0 radical (unpaired) electrons. The first-order chi connectivity index (χ1) is 38.1. The van der Waals surface area contributed by atoms with Gasteiger partial charge in [-0.25, -0.2) is 0 Å². The highest BCUT2D eigenvalue weighted by Gasteiger charge is 2.51. The number of amides is 1. The zero-order chi connectivity index (χ0) is 56.7. The molecule has 0 aromatic rings. The Balaban J connectivity index is 1.52. The molecule has 2 aliphatic heterocycles. The second-order valence-corrected chi connectivity index (χ2v) is 19.7. The molecule has 78 heavy (non-hydrogen) atoms. The van der Waals surface area contributed by atoms with E-state index >= 15 is 0 Å². The minimum Gasteiger partial charge on any atom is -0.394 e. The van der Waals surface area contributed by atoms with Crippen LogP contribution in [0.1, 0.15) is 155 Å². The van der Waals surface area contributed by atoms with Gasteiger partial charge in [-0.1, -0.05) is 198 Å². The average Bonchev–Trinajstić information content (AvgIpc) is 3.44. The van der Waals surface area contributed by atoms with E-state index in [1.807, 2.05) is 6.92 Å². The Bertz CT molecular complexity index is 1860. The molecule has 0 aliphatic carbocycles. The van der Waals surface area contributed by atoms with E-state index in [4.69, 9.17) is 18.9 Å². The summed E-state index contributed by atoms with van der Waals surface area (Å²) in [5.74, 6) is -0.271. The number of hydrogen-bond acceptors (Lipinski definition) is 13. The van der Waals surface area contributed by atoms with E-state index in [1.54, 1.807) is 12.2 Å². The molecule has 440 valence electrons. The van der Waals surface area contributed by atoms with Gasteiger partial charge in [0.2, 0.25) is 5.91 Å². The van der Waals surface area contributed by atoms with Gasteiger partial charge in [-0.2, -0.15) is 0 Å². The minimum absolute atomic E-state index is 0.255. The van der Waals surface area contributed by atoms with Gasteiger partial charge >= 0.3 is 0 Å². The van der Waals surface area contributed by atoms with E-state index in [1.165, 1.54) is 0 Å². The second-order valence-electron chi connectivity index (χ2n) is 19.7. The highest BCUT2D eigenvalue weighted by Crippen LogP contribution is 2.30. The second kappa shape index (κ2) is 47.7. The van der Waals surface area contributed by atoms with Crippen molar-refractivity contribution in [1.29, 1.82) is 0 Å². The lowest BCUT2D eigenvalue weighted by Gasteiger charge is -2.46. The van der Waals surface area contributed by atoms with Gasteiger partial charge in [-0.05, 0) is 96.3 Å². The largest absolute Gasteiger partial charge is 0.394 e. The predicted molar refractivity (Wildman–Crippen MR) is 313 cm³/mol. The number of nitrogens with one attached hydrogen (secondary N) is 1. The average molecular weight is 1090 g/mol. The summed E-state index contributed by atoms with van der Waals surface area (Å²) in [4.78, 5) is 13.0. The summed E-state index contributed by atoms with van der Waals surface area (Å²) in [6, 6.07) is -0.926. The van der Waals surface area contributed by atoms with Gasteiger partial charge in [0.15, 0.2) is 12.6 Å². The van der Waals surface area contributed by atoms with Crippen LogP contribution in [0.15, 0.2) is 146 Å². The van der Waals surface area contributed by atoms with Gasteiger partial charge < -0.3 is 65.1 Å². The van der Waals surface area contributed by atoms with Gasteiger partial charge in [0, 0.05) is 6.42 Å². The monoisotopic (exact) mass is 1090 g/mol. The fourth-order valence-corrected chi connectivity index (χ4v) is 8.36. The summed E-state index contributed by atoms with van der Waals surface area (Å²) < 4.78 is 22.5. The third-order valence-corrected chi connectivity index (χ3v) is 13.0. The first-order valence-electron chi connectivity index (χ1n) is 29.1. The van der Waals surface area contributed by atoms with Crippen molar-refractivity contribution >= 4 is 5.91 Å². The quantitative estimate of drug-likeness (QED) is 0.0205. The molecule has 2 rings (SSSR count). The Hall–Kier alpha value is -4.13. The highest BCUT2D eigenvalue weighted by atomic mass is 16.7. The molecule has 12 unspecified atom stereocenters. The topological polar surface area (TPSA) is 228 Å². The van der Waals surface area contributed by atoms with Crippen molar-refractivity contribution in [2.75, 3.05) is 19.8 Å². The Morgan fingerprint density at radius 1 is 0.474 bits per heavy atom. The predicted octanol–water partition coefficient (Wildman–Crippen LogP) is 9.77. The highest BCUT2D eigenvalue weighted by molar-refractivity contribution is 5.76. The molecular weight excluding hydrogens is 991 g/mol. The van der Waals surface area contributed by atoms with Crippen molar-refractivity contribution in [1.82, 2.24) is 5.32 Å². The summed E-state index contributed by atoms with van der Waals surface area (Å²) in [7, 11) is 0. The Morgan fingerprint density at radius 2 is 0.885 bits per heavy atom. The van der Waals surface area contributed by atoms with Crippen LogP contribution in [0.3, 0.4) is 0 Å². The fourth-order valence-electron chi connectivity index (χ4n) is 8.36. The molecule has 0 aromatic carbocycles. The van der Waals surface area contributed by atoms with Crippen molar-refractivity contribution in [3.05, 3.63) is 146 Å². The molecule has 9 N–H and O–H groups in total.